The standard InChI is InChI=1S/C11H20N4S2/c1-4-12-11(13-5-6-16-3)14-7-10-9(2)15-8-17-10/h8H,4-7H2,1-3H3,(H2,12,13,14). The van der Waals surface area contributed by atoms with Gasteiger partial charge in [-0.25, -0.2) is 9.98 Å². The van der Waals surface area contributed by atoms with Crippen molar-refractivity contribution in [2.75, 3.05) is 25.1 Å². The number of nitrogens with one attached hydrogen (secondary N) is 2. The molecule has 0 atom stereocenters. The maximum atomic E-state index is 4.54. The van der Waals surface area contributed by atoms with Crippen LogP contribution in [0.5, 0.6) is 0 Å². The van der Waals surface area contributed by atoms with Crippen molar-refractivity contribution < 1.29 is 0 Å². The first kappa shape index (κ1) is 14.3. The molecule has 17 heavy (non-hydrogen) atoms. The van der Waals surface area contributed by atoms with Crippen LogP contribution in [0.1, 0.15) is 17.5 Å². The molecule has 0 saturated heterocycles. The molecule has 1 heterocycles. The van der Waals surface area contributed by atoms with Gasteiger partial charge in [-0.2, -0.15) is 11.8 Å². The van der Waals surface area contributed by atoms with E-state index in [4.69, 9.17) is 0 Å². The normalized spacial score (nSPS) is 11.6. The third-order valence-electron chi connectivity index (χ3n) is 2.17. The van der Waals surface area contributed by atoms with Gasteiger partial charge < -0.3 is 10.6 Å². The average Bonchev–Trinajstić information content (AvgIpc) is 2.72. The monoisotopic (exact) mass is 272 g/mol. The second-order valence-electron chi connectivity index (χ2n) is 3.48. The molecule has 0 aromatic carbocycles. The lowest BCUT2D eigenvalue weighted by Gasteiger charge is -2.10. The molecule has 1 aromatic rings. The Labute approximate surface area is 111 Å². The van der Waals surface area contributed by atoms with Crippen LogP contribution in [-0.2, 0) is 6.54 Å². The van der Waals surface area contributed by atoms with Crippen LogP contribution in [0, 0.1) is 6.92 Å². The fourth-order valence-electron chi connectivity index (χ4n) is 1.24. The largest absolute Gasteiger partial charge is 0.357 e. The minimum atomic E-state index is 0.700. The molecule has 0 aliphatic heterocycles. The molecule has 1 aromatic heterocycles. The van der Waals surface area contributed by atoms with Crippen LogP contribution < -0.4 is 10.6 Å². The third kappa shape index (κ3) is 5.41. The van der Waals surface area contributed by atoms with Gasteiger partial charge in [0.2, 0.25) is 0 Å². The van der Waals surface area contributed by atoms with Gasteiger partial charge in [0.1, 0.15) is 0 Å². The molecule has 0 fully saturated rings. The van der Waals surface area contributed by atoms with E-state index < -0.39 is 0 Å². The summed E-state index contributed by atoms with van der Waals surface area (Å²) in [4.78, 5) is 9.99. The quantitative estimate of drug-likeness (QED) is 0.471. The molecule has 96 valence electrons. The van der Waals surface area contributed by atoms with Gasteiger partial charge in [0.05, 0.1) is 17.7 Å². The first-order valence-corrected chi connectivity index (χ1v) is 7.95. The van der Waals surface area contributed by atoms with Crippen LogP contribution in [0.4, 0.5) is 0 Å². The Bertz CT molecular complexity index is 349. The lowest BCUT2D eigenvalue weighted by Crippen LogP contribution is -2.38. The zero-order chi connectivity index (χ0) is 12.5. The van der Waals surface area contributed by atoms with Gasteiger partial charge in [-0.05, 0) is 20.1 Å². The molecule has 1 rings (SSSR count). The van der Waals surface area contributed by atoms with Gasteiger partial charge in [-0.3, -0.25) is 0 Å². The zero-order valence-corrected chi connectivity index (χ0v) is 12.2. The Morgan fingerprint density at radius 1 is 1.53 bits per heavy atom. The van der Waals surface area contributed by atoms with Crippen LogP contribution in [0.15, 0.2) is 10.5 Å². The molecular formula is C11H20N4S2. The molecule has 0 aliphatic rings. The molecule has 4 nitrogen and oxygen atoms in total. The zero-order valence-electron chi connectivity index (χ0n) is 10.6. The molecule has 0 radical (unpaired) electrons. The van der Waals surface area contributed by atoms with E-state index >= 15 is 0 Å². The van der Waals surface area contributed by atoms with Gasteiger partial charge in [-0.15, -0.1) is 11.3 Å². The number of aliphatic imine (C=N–C) groups is 1. The summed E-state index contributed by atoms with van der Waals surface area (Å²) >= 11 is 3.49. The van der Waals surface area contributed by atoms with E-state index in [1.807, 2.05) is 24.2 Å². The highest BCUT2D eigenvalue weighted by Crippen LogP contribution is 2.12. The van der Waals surface area contributed by atoms with E-state index in [1.165, 1.54) is 4.88 Å². The Morgan fingerprint density at radius 3 is 2.94 bits per heavy atom. The highest BCUT2D eigenvalue weighted by Gasteiger charge is 2.01. The third-order valence-corrected chi connectivity index (χ3v) is 3.70. The molecule has 0 amide bonds. The second kappa shape index (κ2) is 8.36. The van der Waals surface area contributed by atoms with Gasteiger partial charge in [-0.1, -0.05) is 0 Å². The summed E-state index contributed by atoms with van der Waals surface area (Å²) in [7, 11) is 0. The first-order chi connectivity index (χ1) is 8.27. The molecule has 0 bridgehead atoms. The topological polar surface area (TPSA) is 49.3 Å². The molecule has 0 unspecified atom stereocenters. The summed E-state index contributed by atoms with van der Waals surface area (Å²) in [5, 5.41) is 6.54. The molecule has 0 spiro atoms. The van der Waals surface area contributed by atoms with Crippen LogP contribution in [0.25, 0.3) is 0 Å². The highest BCUT2D eigenvalue weighted by atomic mass is 32.2. The van der Waals surface area contributed by atoms with Gasteiger partial charge in [0, 0.05) is 23.7 Å². The number of guanidine groups is 1. The fraction of sp³-hybridized carbons (Fsp3) is 0.636. The highest BCUT2D eigenvalue weighted by molar-refractivity contribution is 7.98. The maximum absolute atomic E-state index is 4.54. The van der Waals surface area contributed by atoms with E-state index in [2.05, 4.69) is 33.8 Å². The molecule has 0 aliphatic carbocycles. The van der Waals surface area contributed by atoms with Gasteiger partial charge in [0.25, 0.3) is 0 Å². The van der Waals surface area contributed by atoms with Gasteiger partial charge in [0.15, 0.2) is 5.96 Å². The number of aryl methyl sites for hydroxylation is 1. The lowest BCUT2D eigenvalue weighted by atomic mass is 10.4. The Kier molecular flexibility index (Phi) is 7.04. The minimum Gasteiger partial charge on any atom is -0.357 e. The fourth-order valence-corrected chi connectivity index (χ4v) is 2.25. The Balaban J connectivity index is 2.48. The Hall–Kier alpha value is -0.750. The number of rotatable bonds is 6. The summed E-state index contributed by atoms with van der Waals surface area (Å²) in [6.45, 7) is 6.62. The van der Waals surface area contributed by atoms with E-state index in [1.54, 1.807) is 11.3 Å². The second-order valence-corrected chi connectivity index (χ2v) is 5.40. The maximum Gasteiger partial charge on any atom is 0.191 e. The van der Waals surface area contributed by atoms with Crippen molar-refractivity contribution in [3.63, 3.8) is 0 Å². The summed E-state index contributed by atoms with van der Waals surface area (Å²) < 4.78 is 0. The van der Waals surface area contributed by atoms with Crippen molar-refractivity contribution in [1.29, 1.82) is 0 Å². The van der Waals surface area contributed by atoms with Crippen molar-refractivity contribution in [3.05, 3.63) is 16.1 Å². The predicted octanol–water partition coefficient (Wildman–Crippen LogP) is 1.87. The average molecular weight is 272 g/mol. The summed E-state index contributed by atoms with van der Waals surface area (Å²) in [5.74, 6) is 1.97. The summed E-state index contributed by atoms with van der Waals surface area (Å²) in [6.07, 6.45) is 2.10. The number of thioether (sulfide) groups is 1. The van der Waals surface area contributed by atoms with Crippen molar-refractivity contribution in [1.82, 2.24) is 15.6 Å². The summed E-state index contributed by atoms with van der Waals surface area (Å²) in [5.41, 5.74) is 2.95. The predicted molar refractivity (Wildman–Crippen MR) is 78.1 cm³/mol. The molecule has 2 N–H and O–H groups in total. The Morgan fingerprint density at radius 2 is 2.35 bits per heavy atom. The van der Waals surface area contributed by atoms with Crippen LogP contribution in [0.2, 0.25) is 0 Å². The van der Waals surface area contributed by atoms with E-state index in [9.17, 15) is 0 Å². The molecular weight excluding hydrogens is 252 g/mol. The van der Waals surface area contributed by atoms with E-state index in [0.29, 0.717) is 6.54 Å². The number of hydrogen-bond donors (Lipinski definition) is 2. The van der Waals surface area contributed by atoms with E-state index in [-0.39, 0.29) is 0 Å². The SMILES string of the molecule is CCNC(=NCc1scnc1C)NCCSC. The van der Waals surface area contributed by atoms with Crippen molar-refractivity contribution in [2.24, 2.45) is 4.99 Å². The number of aromatic nitrogens is 1. The van der Waals surface area contributed by atoms with Crippen LogP contribution in [-0.4, -0.2) is 36.0 Å². The first-order valence-electron chi connectivity index (χ1n) is 5.68. The van der Waals surface area contributed by atoms with Crippen LogP contribution >= 0.6 is 23.1 Å². The number of nitrogens with zero attached hydrogens (tertiary/aromatic N) is 2. The smallest absolute Gasteiger partial charge is 0.191 e. The number of hydrogen-bond acceptors (Lipinski definition) is 4. The number of thiazole rings is 1. The van der Waals surface area contributed by atoms with E-state index in [0.717, 1.165) is 30.5 Å². The molecule has 6 heteroatoms. The lowest BCUT2D eigenvalue weighted by molar-refractivity contribution is 0.844. The molecule has 0 saturated carbocycles. The van der Waals surface area contributed by atoms with Crippen molar-refractivity contribution >= 4 is 29.1 Å². The van der Waals surface area contributed by atoms with Crippen molar-refractivity contribution in [2.45, 2.75) is 20.4 Å². The minimum absolute atomic E-state index is 0.700. The van der Waals surface area contributed by atoms with Crippen LogP contribution in [0.3, 0.4) is 0 Å². The van der Waals surface area contributed by atoms with Crippen molar-refractivity contribution in [3.8, 4) is 0 Å². The van der Waals surface area contributed by atoms with Gasteiger partial charge >= 0.3 is 0 Å². The summed E-state index contributed by atoms with van der Waals surface area (Å²) in [6, 6.07) is 0.